The molecule has 0 atom stereocenters. The van der Waals surface area contributed by atoms with Crippen molar-refractivity contribution in [1.82, 2.24) is 29.5 Å². The van der Waals surface area contributed by atoms with Crippen LogP contribution in [-0.4, -0.2) is 82.6 Å². The lowest BCUT2D eigenvalue weighted by atomic mass is 10.1. The molecule has 5 rings (SSSR count). The minimum absolute atomic E-state index is 0.192. The molecule has 0 unspecified atom stereocenters. The Balaban J connectivity index is 1.33. The van der Waals surface area contributed by atoms with E-state index in [-0.39, 0.29) is 11.9 Å². The molecule has 0 radical (unpaired) electrons. The van der Waals surface area contributed by atoms with Crippen LogP contribution in [0.5, 0.6) is 0 Å². The van der Waals surface area contributed by atoms with E-state index in [0.717, 1.165) is 54.8 Å². The summed E-state index contributed by atoms with van der Waals surface area (Å²) in [4.78, 5) is 34.3. The maximum atomic E-state index is 13.1. The molecule has 11 nitrogen and oxygen atoms in total. The summed E-state index contributed by atoms with van der Waals surface area (Å²) in [5.74, 6) is 0.203. The largest absolute Gasteiger partial charge is 0.380 e. The first-order valence-electron chi connectivity index (χ1n) is 14.2. The van der Waals surface area contributed by atoms with Crippen LogP contribution in [0.3, 0.4) is 0 Å². The van der Waals surface area contributed by atoms with E-state index in [2.05, 4.69) is 37.4 Å². The molecule has 2 amide bonds. The van der Waals surface area contributed by atoms with Crippen LogP contribution in [0.2, 0.25) is 0 Å². The zero-order valence-electron chi connectivity index (χ0n) is 23.9. The van der Waals surface area contributed by atoms with E-state index in [4.69, 9.17) is 4.74 Å². The van der Waals surface area contributed by atoms with Crippen molar-refractivity contribution in [3.05, 3.63) is 66.7 Å². The molecule has 1 aliphatic heterocycles. The number of benzene rings is 1. The number of nitrogens with one attached hydrogen (secondary N) is 2. The highest BCUT2D eigenvalue weighted by atomic mass is 16.5. The number of hydrogen-bond donors (Lipinski definition) is 2. The lowest BCUT2D eigenvalue weighted by Crippen LogP contribution is -2.34. The number of aromatic nitrogens is 4. The number of hydrogen-bond acceptors (Lipinski definition) is 7. The molecule has 1 saturated heterocycles. The third-order valence-electron chi connectivity index (χ3n) is 7.62. The number of likely N-dealkylation sites (tertiary alicyclic amines) is 1. The van der Waals surface area contributed by atoms with Crippen molar-refractivity contribution in [1.29, 1.82) is 0 Å². The fraction of sp³-hybridized carbons (Fsp3) is 0.400. The summed E-state index contributed by atoms with van der Waals surface area (Å²) in [7, 11) is 1.61. The molecule has 0 aliphatic carbocycles. The monoisotopic (exact) mass is 558 g/mol. The number of rotatable bonds is 10. The second kappa shape index (κ2) is 13.0. The van der Waals surface area contributed by atoms with Gasteiger partial charge < -0.3 is 25.2 Å². The smallest absolute Gasteiger partial charge is 0.325 e. The predicted molar refractivity (Wildman–Crippen MR) is 160 cm³/mol. The van der Waals surface area contributed by atoms with Crippen molar-refractivity contribution in [2.24, 2.45) is 0 Å². The zero-order valence-corrected chi connectivity index (χ0v) is 23.9. The summed E-state index contributed by atoms with van der Waals surface area (Å²) in [6.45, 7) is 9.04. The standard InChI is InChI=1S/C30H38N8O3/c1-4-35-13-10-24(11-14-35)38-21-23(20-33-38)29(39)34-28-19-26(8-12-32-28)36(16-17-41-5-2)25-6-7-27-22(18-25)9-15-37(27)30(40)31-3/h6-9,12,15,18-21,24H,4-5,10-11,13-14,16-17H2,1-3H3,(H,31,40)(H,32,34,39). The molecule has 1 aliphatic rings. The van der Waals surface area contributed by atoms with E-state index < -0.39 is 0 Å². The molecule has 0 bridgehead atoms. The minimum Gasteiger partial charge on any atom is -0.380 e. The Bertz CT molecular complexity index is 1490. The van der Waals surface area contributed by atoms with E-state index >= 15 is 0 Å². The van der Waals surface area contributed by atoms with E-state index in [1.807, 2.05) is 54.2 Å². The lowest BCUT2D eigenvalue weighted by Gasteiger charge is -2.31. The van der Waals surface area contributed by atoms with Gasteiger partial charge >= 0.3 is 6.03 Å². The molecule has 0 spiro atoms. The fourth-order valence-corrected chi connectivity index (χ4v) is 5.30. The Kier molecular flexibility index (Phi) is 8.95. The highest BCUT2D eigenvalue weighted by molar-refractivity contribution is 6.03. The van der Waals surface area contributed by atoms with Crippen LogP contribution in [-0.2, 0) is 4.74 Å². The topological polar surface area (TPSA) is 110 Å². The van der Waals surface area contributed by atoms with Crippen LogP contribution in [0, 0.1) is 0 Å². The number of anilines is 3. The summed E-state index contributed by atoms with van der Waals surface area (Å²) in [6.07, 6.45) is 8.96. The van der Waals surface area contributed by atoms with Crippen molar-refractivity contribution in [3.8, 4) is 0 Å². The second-order valence-electron chi connectivity index (χ2n) is 10.1. The number of carbonyl (C=O) groups excluding carboxylic acids is 2. The molecule has 0 saturated carbocycles. The minimum atomic E-state index is -0.246. The zero-order chi connectivity index (χ0) is 28.8. The molecule has 41 heavy (non-hydrogen) atoms. The first-order chi connectivity index (χ1) is 20.0. The van der Waals surface area contributed by atoms with Crippen LogP contribution in [0.1, 0.15) is 43.1 Å². The highest BCUT2D eigenvalue weighted by Gasteiger charge is 2.21. The van der Waals surface area contributed by atoms with Gasteiger partial charge in [0.1, 0.15) is 5.82 Å². The summed E-state index contributed by atoms with van der Waals surface area (Å²) < 4.78 is 9.17. The third kappa shape index (κ3) is 6.41. The number of carbonyl (C=O) groups is 2. The summed E-state index contributed by atoms with van der Waals surface area (Å²) >= 11 is 0. The number of pyridine rings is 1. The Labute approximate surface area is 240 Å². The SMILES string of the molecule is CCOCCN(c1ccnc(NC(=O)c2cnn(C3CCN(CC)CC3)c2)c1)c1ccc2c(ccn2C(=O)NC)c1. The third-order valence-corrected chi connectivity index (χ3v) is 7.62. The average molecular weight is 559 g/mol. The Morgan fingerprint density at radius 3 is 2.66 bits per heavy atom. The van der Waals surface area contributed by atoms with Gasteiger partial charge in [0.05, 0.1) is 29.9 Å². The Morgan fingerprint density at radius 1 is 1.10 bits per heavy atom. The number of nitrogens with zero attached hydrogens (tertiary/aromatic N) is 6. The maximum Gasteiger partial charge on any atom is 0.325 e. The number of piperidine rings is 1. The van der Waals surface area contributed by atoms with Crippen molar-refractivity contribution in [2.75, 3.05) is 56.7 Å². The van der Waals surface area contributed by atoms with E-state index in [9.17, 15) is 9.59 Å². The molecule has 4 heterocycles. The van der Waals surface area contributed by atoms with Gasteiger partial charge in [-0.1, -0.05) is 6.92 Å². The van der Waals surface area contributed by atoms with E-state index in [1.54, 1.807) is 30.2 Å². The second-order valence-corrected chi connectivity index (χ2v) is 10.1. The van der Waals surface area contributed by atoms with Crippen LogP contribution >= 0.6 is 0 Å². The van der Waals surface area contributed by atoms with Crippen molar-refractivity contribution < 1.29 is 14.3 Å². The normalized spacial score (nSPS) is 14.3. The van der Waals surface area contributed by atoms with Gasteiger partial charge in [-0.2, -0.15) is 5.10 Å². The van der Waals surface area contributed by atoms with Gasteiger partial charge in [0, 0.05) is 74.7 Å². The van der Waals surface area contributed by atoms with Crippen molar-refractivity contribution in [3.63, 3.8) is 0 Å². The number of ether oxygens (including phenoxy) is 1. The summed E-state index contributed by atoms with van der Waals surface area (Å²) in [6, 6.07) is 11.7. The molecule has 1 aromatic carbocycles. The molecular formula is C30H38N8O3. The van der Waals surface area contributed by atoms with E-state index in [1.165, 1.54) is 0 Å². The summed E-state index contributed by atoms with van der Waals surface area (Å²) in [5, 5.41) is 11.0. The molecule has 1 fully saturated rings. The van der Waals surface area contributed by atoms with Gasteiger partial charge in [-0.3, -0.25) is 14.0 Å². The van der Waals surface area contributed by atoms with E-state index in [0.29, 0.717) is 37.2 Å². The van der Waals surface area contributed by atoms with Crippen molar-refractivity contribution >= 4 is 40.0 Å². The number of fused-ring (bicyclic) bond motifs is 1. The van der Waals surface area contributed by atoms with Crippen LogP contribution < -0.4 is 15.5 Å². The van der Waals surface area contributed by atoms with Gasteiger partial charge in [0.25, 0.3) is 5.91 Å². The Morgan fingerprint density at radius 2 is 1.90 bits per heavy atom. The average Bonchev–Trinajstić information content (AvgIpc) is 3.67. The first-order valence-corrected chi connectivity index (χ1v) is 14.2. The van der Waals surface area contributed by atoms with Gasteiger partial charge in [-0.25, -0.2) is 9.78 Å². The van der Waals surface area contributed by atoms with Crippen LogP contribution in [0.25, 0.3) is 10.9 Å². The quantitative estimate of drug-likeness (QED) is 0.276. The summed E-state index contributed by atoms with van der Waals surface area (Å²) in [5.41, 5.74) is 3.12. The lowest BCUT2D eigenvalue weighted by molar-refractivity contribution is 0.102. The maximum absolute atomic E-state index is 13.1. The number of amides is 2. The molecule has 3 aromatic heterocycles. The van der Waals surface area contributed by atoms with Crippen LogP contribution in [0.15, 0.2) is 61.2 Å². The fourth-order valence-electron chi connectivity index (χ4n) is 5.30. The van der Waals surface area contributed by atoms with Gasteiger partial charge in [0.2, 0.25) is 0 Å². The predicted octanol–water partition coefficient (Wildman–Crippen LogP) is 4.50. The van der Waals surface area contributed by atoms with Gasteiger partial charge in [-0.05, 0) is 56.6 Å². The molecule has 216 valence electrons. The van der Waals surface area contributed by atoms with Gasteiger partial charge in [0.15, 0.2) is 0 Å². The van der Waals surface area contributed by atoms with Crippen LogP contribution in [0.4, 0.5) is 22.0 Å². The van der Waals surface area contributed by atoms with Gasteiger partial charge in [-0.15, -0.1) is 0 Å². The molecule has 4 aromatic rings. The first kappa shape index (κ1) is 28.3. The molecule has 11 heteroatoms. The molecule has 2 N–H and O–H groups in total. The molecular weight excluding hydrogens is 520 g/mol. The van der Waals surface area contributed by atoms with Crippen molar-refractivity contribution in [2.45, 2.75) is 32.7 Å². The Hall–Kier alpha value is -4.22. The highest BCUT2D eigenvalue weighted by Crippen LogP contribution is 2.30.